The summed E-state index contributed by atoms with van der Waals surface area (Å²) in [6.45, 7) is 3.00. The van der Waals surface area contributed by atoms with Crippen molar-refractivity contribution in [2.24, 2.45) is 0 Å². The monoisotopic (exact) mass is 293 g/mol. The molecule has 0 amide bonds. The summed E-state index contributed by atoms with van der Waals surface area (Å²) in [7, 11) is 0. The molecule has 3 rings (SSSR count). The highest BCUT2D eigenvalue weighted by Crippen LogP contribution is 2.28. The van der Waals surface area contributed by atoms with Crippen LogP contribution in [0, 0.1) is 0 Å². The molecule has 0 saturated carbocycles. The average molecular weight is 294 g/mol. The Balaban J connectivity index is 1.54. The molecule has 1 aromatic heterocycles. The van der Waals surface area contributed by atoms with Gasteiger partial charge in [-0.1, -0.05) is 29.8 Å². The third-order valence-electron chi connectivity index (χ3n) is 3.45. The third-order valence-corrected chi connectivity index (χ3v) is 4.56. The lowest BCUT2D eigenvalue weighted by molar-refractivity contribution is 0.223. The minimum atomic E-state index is 0.231. The number of thiophene rings is 1. The van der Waals surface area contributed by atoms with Gasteiger partial charge in [-0.05, 0) is 35.6 Å². The van der Waals surface area contributed by atoms with E-state index in [2.05, 4.69) is 29.8 Å². The molecular weight excluding hydrogens is 278 g/mol. The summed E-state index contributed by atoms with van der Waals surface area (Å²) in [4.78, 5) is 0. The van der Waals surface area contributed by atoms with Gasteiger partial charge in [0.05, 0.1) is 4.34 Å². The van der Waals surface area contributed by atoms with Crippen LogP contribution in [-0.4, -0.2) is 12.6 Å². The van der Waals surface area contributed by atoms with Gasteiger partial charge in [-0.25, -0.2) is 0 Å². The number of hydrogen-bond donors (Lipinski definition) is 1. The molecule has 0 radical (unpaired) electrons. The van der Waals surface area contributed by atoms with E-state index >= 15 is 0 Å². The summed E-state index contributed by atoms with van der Waals surface area (Å²) in [5, 5.41) is 5.61. The van der Waals surface area contributed by atoms with E-state index in [0.29, 0.717) is 6.04 Å². The molecule has 0 bridgehead atoms. The molecule has 1 N–H and O–H groups in total. The molecule has 2 unspecified atom stereocenters. The van der Waals surface area contributed by atoms with Gasteiger partial charge in [0, 0.05) is 19.0 Å². The highest BCUT2D eigenvalue weighted by atomic mass is 35.5. The zero-order valence-corrected chi connectivity index (χ0v) is 12.3. The van der Waals surface area contributed by atoms with Gasteiger partial charge in [0.1, 0.15) is 11.9 Å². The van der Waals surface area contributed by atoms with Crippen LogP contribution in [0.2, 0.25) is 4.34 Å². The fraction of sp³-hybridized carbons (Fsp3) is 0.333. The first-order chi connectivity index (χ1) is 9.22. The number of ether oxygens (including phenoxy) is 1. The molecule has 2 heterocycles. The van der Waals surface area contributed by atoms with Crippen molar-refractivity contribution in [1.29, 1.82) is 0 Å². The maximum absolute atomic E-state index is 5.96. The van der Waals surface area contributed by atoms with Crippen molar-refractivity contribution in [3.05, 3.63) is 51.2 Å². The molecule has 1 aliphatic heterocycles. The zero-order valence-electron chi connectivity index (χ0n) is 10.7. The first-order valence-electron chi connectivity index (χ1n) is 6.44. The van der Waals surface area contributed by atoms with Gasteiger partial charge in [0.15, 0.2) is 0 Å². The molecule has 2 aromatic rings. The topological polar surface area (TPSA) is 21.3 Å². The number of nitrogens with one attached hydrogen (secondary N) is 1. The maximum Gasteiger partial charge on any atom is 0.123 e. The van der Waals surface area contributed by atoms with Gasteiger partial charge in [0.25, 0.3) is 0 Å². The first kappa shape index (κ1) is 13.0. The Bertz CT molecular complexity index is 544. The number of fused-ring (bicyclic) bond motifs is 1. The fourth-order valence-corrected chi connectivity index (χ4v) is 3.33. The van der Waals surface area contributed by atoms with Gasteiger partial charge >= 0.3 is 0 Å². The molecule has 2 atom stereocenters. The lowest BCUT2D eigenvalue weighted by Gasteiger charge is -2.16. The standard InChI is InChI=1S/C15H16ClNOS/c1-10(12-7-15(16)19-9-12)17-8-13-6-11-4-2-3-5-14(11)18-13/h2-5,7,9-10,13,17H,6,8H2,1H3. The van der Waals surface area contributed by atoms with Crippen molar-refractivity contribution in [3.8, 4) is 5.75 Å². The van der Waals surface area contributed by atoms with Crippen molar-refractivity contribution >= 4 is 22.9 Å². The maximum atomic E-state index is 5.96. The summed E-state index contributed by atoms with van der Waals surface area (Å²) in [5.74, 6) is 1.03. The Morgan fingerprint density at radius 3 is 3.05 bits per heavy atom. The first-order valence-corrected chi connectivity index (χ1v) is 7.70. The van der Waals surface area contributed by atoms with Gasteiger partial charge in [-0.2, -0.15) is 0 Å². The van der Waals surface area contributed by atoms with Crippen LogP contribution in [0.4, 0.5) is 0 Å². The van der Waals surface area contributed by atoms with Crippen molar-refractivity contribution < 1.29 is 4.74 Å². The van der Waals surface area contributed by atoms with E-state index in [1.54, 1.807) is 11.3 Å². The normalized spacial score (nSPS) is 18.9. The Kier molecular flexibility index (Phi) is 3.78. The molecule has 0 fully saturated rings. The number of hydrogen-bond acceptors (Lipinski definition) is 3. The van der Waals surface area contributed by atoms with Crippen molar-refractivity contribution in [1.82, 2.24) is 5.32 Å². The molecule has 1 aliphatic rings. The van der Waals surface area contributed by atoms with Crippen molar-refractivity contribution in [3.63, 3.8) is 0 Å². The lowest BCUT2D eigenvalue weighted by atomic mass is 10.1. The van der Waals surface area contributed by atoms with Crippen LogP contribution in [0.1, 0.15) is 24.1 Å². The number of rotatable bonds is 4. The minimum absolute atomic E-state index is 0.231. The molecule has 100 valence electrons. The molecule has 19 heavy (non-hydrogen) atoms. The van der Waals surface area contributed by atoms with Crippen molar-refractivity contribution in [2.75, 3.05) is 6.54 Å². The number of benzene rings is 1. The Morgan fingerprint density at radius 2 is 2.32 bits per heavy atom. The van der Waals surface area contributed by atoms with Crippen LogP contribution in [0.15, 0.2) is 35.7 Å². The Hall–Kier alpha value is -1.03. The zero-order chi connectivity index (χ0) is 13.2. The molecule has 0 aliphatic carbocycles. The van der Waals surface area contributed by atoms with Gasteiger partial charge < -0.3 is 10.1 Å². The predicted molar refractivity (Wildman–Crippen MR) is 80.3 cm³/mol. The molecule has 2 nitrogen and oxygen atoms in total. The quantitative estimate of drug-likeness (QED) is 0.918. The van der Waals surface area contributed by atoms with Gasteiger partial charge in [0.2, 0.25) is 0 Å². The summed E-state index contributed by atoms with van der Waals surface area (Å²) in [6, 6.07) is 10.6. The smallest absolute Gasteiger partial charge is 0.123 e. The largest absolute Gasteiger partial charge is 0.488 e. The van der Waals surface area contributed by atoms with E-state index in [0.717, 1.165) is 23.1 Å². The van der Waals surface area contributed by atoms with E-state index < -0.39 is 0 Å². The van der Waals surface area contributed by atoms with E-state index in [4.69, 9.17) is 16.3 Å². The molecular formula is C15H16ClNOS. The highest BCUT2D eigenvalue weighted by Gasteiger charge is 2.22. The van der Waals surface area contributed by atoms with E-state index in [1.165, 1.54) is 11.1 Å². The van der Waals surface area contributed by atoms with Crippen LogP contribution >= 0.6 is 22.9 Å². The lowest BCUT2D eigenvalue weighted by Crippen LogP contribution is -2.31. The summed E-state index contributed by atoms with van der Waals surface area (Å²) < 4.78 is 6.75. The molecule has 4 heteroatoms. The van der Waals surface area contributed by atoms with Crippen LogP contribution < -0.4 is 10.1 Å². The Labute approximate surface area is 122 Å². The molecule has 0 spiro atoms. The van der Waals surface area contributed by atoms with Crippen LogP contribution in [0.5, 0.6) is 5.75 Å². The molecule has 0 saturated heterocycles. The van der Waals surface area contributed by atoms with Crippen molar-refractivity contribution in [2.45, 2.75) is 25.5 Å². The second-order valence-corrected chi connectivity index (χ2v) is 6.41. The van der Waals surface area contributed by atoms with Crippen LogP contribution in [0.3, 0.4) is 0 Å². The average Bonchev–Trinajstić information content (AvgIpc) is 3.01. The summed E-state index contributed by atoms with van der Waals surface area (Å²) in [5.41, 5.74) is 2.55. The SMILES string of the molecule is CC(NCC1Cc2ccccc2O1)c1csc(Cl)c1. The summed E-state index contributed by atoms with van der Waals surface area (Å²) in [6.07, 6.45) is 1.22. The van der Waals surface area contributed by atoms with Crippen LogP contribution in [0.25, 0.3) is 0 Å². The van der Waals surface area contributed by atoms with E-state index in [1.807, 2.05) is 18.2 Å². The molecule has 1 aromatic carbocycles. The predicted octanol–water partition coefficient (Wildman–Crippen LogP) is 4.06. The fourth-order valence-electron chi connectivity index (χ4n) is 2.34. The second kappa shape index (κ2) is 5.53. The van der Waals surface area contributed by atoms with Gasteiger partial charge in [-0.15, -0.1) is 11.3 Å². The Morgan fingerprint density at radius 1 is 1.47 bits per heavy atom. The summed E-state index contributed by atoms with van der Waals surface area (Å²) >= 11 is 7.53. The number of halogens is 1. The van der Waals surface area contributed by atoms with E-state index in [-0.39, 0.29) is 6.10 Å². The van der Waals surface area contributed by atoms with Crippen LogP contribution in [-0.2, 0) is 6.42 Å². The van der Waals surface area contributed by atoms with E-state index in [9.17, 15) is 0 Å². The third kappa shape index (κ3) is 2.94. The second-order valence-electron chi connectivity index (χ2n) is 4.87. The number of para-hydroxylation sites is 1. The highest BCUT2D eigenvalue weighted by molar-refractivity contribution is 7.14. The minimum Gasteiger partial charge on any atom is -0.488 e. The van der Waals surface area contributed by atoms with Gasteiger partial charge in [-0.3, -0.25) is 0 Å².